The molecular formula is C35H38BrN3O5S. The zero-order valence-electron chi connectivity index (χ0n) is 25.8. The van der Waals surface area contributed by atoms with Gasteiger partial charge in [-0.3, -0.25) is 13.9 Å². The van der Waals surface area contributed by atoms with E-state index in [4.69, 9.17) is 4.74 Å². The number of amides is 2. The maximum absolute atomic E-state index is 14.2. The Morgan fingerprint density at radius 3 is 2.13 bits per heavy atom. The Labute approximate surface area is 274 Å². The summed E-state index contributed by atoms with van der Waals surface area (Å²) in [5.74, 6) is 0.304. The topological polar surface area (TPSA) is 96.0 Å². The summed E-state index contributed by atoms with van der Waals surface area (Å²) in [4.78, 5) is 28.9. The van der Waals surface area contributed by atoms with Gasteiger partial charge in [0, 0.05) is 17.1 Å². The molecule has 0 fully saturated rings. The van der Waals surface area contributed by atoms with Gasteiger partial charge in [0.1, 0.15) is 24.1 Å². The zero-order chi connectivity index (χ0) is 32.6. The third kappa shape index (κ3) is 8.95. The predicted molar refractivity (Wildman–Crippen MR) is 181 cm³/mol. The highest BCUT2D eigenvalue weighted by atomic mass is 79.9. The van der Waals surface area contributed by atoms with Crippen molar-refractivity contribution in [3.05, 3.63) is 119 Å². The van der Waals surface area contributed by atoms with Crippen molar-refractivity contribution in [3.63, 3.8) is 0 Å². The first-order chi connectivity index (χ1) is 21.5. The molecule has 0 saturated carbocycles. The first-order valence-corrected chi connectivity index (χ1v) is 17.0. The van der Waals surface area contributed by atoms with E-state index in [0.717, 1.165) is 26.3 Å². The number of benzene rings is 4. The smallest absolute Gasteiger partial charge is 0.264 e. The number of sulfonamides is 1. The number of aryl methyl sites for hydroxylation is 1. The zero-order valence-corrected chi connectivity index (χ0v) is 28.2. The molecule has 4 aromatic carbocycles. The lowest BCUT2D eigenvalue weighted by Gasteiger charge is -2.32. The summed E-state index contributed by atoms with van der Waals surface area (Å²) in [6.45, 7) is 6.97. The molecule has 4 aromatic rings. The first kappa shape index (κ1) is 33.7. The largest absolute Gasteiger partial charge is 0.457 e. The number of nitrogens with one attached hydrogen (secondary N) is 1. The van der Waals surface area contributed by atoms with Crippen LogP contribution in [0.25, 0.3) is 0 Å². The summed E-state index contributed by atoms with van der Waals surface area (Å²) >= 11 is 3.47. The second-order valence-electron chi connectivity index (χ2n) is 10.9. The molecule has 0 heterocycles. The summed E-state index contributed by atoms with van der Waals surface area (Å²) in [6, 6.07) is 28.7. The summed E-state index contributed by atoms with van der Waals surface area (Å²) in [7, 11) is -4.18. The number of hydrogen-bond donors (Lipinski definition) is 1. The molecule has 0 unspecified atom stereocenters. The average molecular weight is 693 g/mol. The average Bonchev–Trinajstić information content (AvgIpc) is 3.03. The summed E-state index contributed by atoms with van der Waals surface area (Å²) in [6.07, 6.45) is 0.727. The Kier molecular flexibility index (Phi) is 11.4. The Hall–Kier alpha value is -4.15. The van der Waals surface area contributed by atoms with Gasteiger partial charge >= 0.3 is 0 Å². The second-order valence-corrected chi connectivity index (χ2v) is 13.7. The lowest BCUT2D eigenvalue weighted by Crippen LogP contribution is -2.52. The molecule has 0 bridgehead atoms. The van der Waals surface area contributed by atoms with Crippen LogP contribution in [0.4, 0.5) is 5.69 Å². The fourth-order valence-electron chi connectivity index (χ4n) is 4.55. The number of ether oxygens (including phenoxy) is 1. The molecule has 0 spiro atoms. The van der Waals surface area contributed by atoms with Crippen LogP contribution in [-0.2, 0) is 26.2 Å². The van der Waals surface area contributed by atoms with Crippen molar-refractivity contribution < 1.29 is 22.7 Å². The molecule has 0 saturated heterocycles. The Morgan fingerprint density at radius 2 is 1.51 bits per heavy atom. The third-order valence-electron chi connectivity index (χ3n) is 7.40. The molecule has 1 N–H and O–H groups in total. The van der Waals surface area contributed by atoms with Crippen LogP contribution in [0, 0.1) is 6.92 Å². The van der Waals surface area contributed by atoms with Crippen LogP contribution in [0.3, 0.4) is 0 Å². The Bertz CT molecular complexity index is 1700. The van der Waals surface area contributed by atoms with Crippen LogP contribution >= 0.6 is 15.9 Å². The first-order valence-electron chi connectivity index (χ1n) is 14.7. The third-order valence-corrected chi connectivity index (χ3v) is 9.68. The molecule has 0 aliphatic carbocycles. The molecule has 10 heteroatoms. The normalized spacial score (nSPS) is 12.6. The van der Waals surface area contributed by atoms with E-state index in [9.17, 15) is 18.0 Å². The van der Waals surface area contributed by atoms with E-state index < -0.39 is 28.5 Å². The molecule has 0 aliphatic heterocycles. The van der Waals surface area contributed by atoms with Crippen molar-refractivity contribution in [2.45, 2.75) is 57.6 Å². The maximum atomic E-state index is 14.2. The monoisotopic (exact) mass is 691 g/mol. The molecule has 45 heavy (non-hydrogen) atoms. The molecular weight excluding hydrogens is 654 g/mol. The van der Waals surface area contributed by atoms with Crippen molar-refractivity contribution in [2.75, 3.05) is 10.8 Å². The van der Waals surface area contributed by atoms with Gasteiger partial charge < -0.3 is 15.0 Å². The van der Waals surface area contributed by atoms with Crippen LogP contribution in [-0.4, -0.2) is 43.8 Å². The molecule has 2 atom stereocenters. The van der Waals surface area contributed by atoms with E-state index in [1.165, 1.54) is 17.0 Å². The maximum Gasteiger partial charge on any atom is 0.264 e. The quantitative estimate of drug-likeness (QED) is 0.162. The van der Waals surface area contributed by atoms with Crippen LogP contribution in [0.2, 0.25) is 0 Å². The molecule has 0 radical (unpaired) electrons. The van der Waals surface area contributed by atoms with E-state index in [2.05, 4.69) is 21.2 Å². The molecule has 8 nitrogen and oxygen atoms in total. The van der Waals surface area contributed by atoms with Gasteiger partial charge in [-0.25, -0.2) is 8.42 Å². The molecule has 0 aromatic heterocycles. The number of halogens is 1. The number of anilines is 1. The van der Waals surface area contributed by atoms with Gasteiger partial charge in [0.2, 0.25) is 11.8 Å². The number of para-hydroxylation sites is 1. The van der Waals surface area contributed by atoms with Crippen molar-refractivity contribution in [3.8, 4) is 11.5 Å². The van der Waals surface area contributed by atoms with Gasteiger partial charge in [-0.05, 0) is 93.4 Å². The fourth-order valence-corrected chi connectivity index (χ4v) is 6.41. The Morgan fingerprint density at radius 1 is 0.867 bits per heavy atom. The standard InChI is InChI=1S/C35H38BrN3O5S/c1-5-26(3)37-35(41)27(4)38(23-28-10-9-11-29(36)22-28)34(40)24-39(45(42,43)33-20-14-25(2)15-21-33)30-16-18-32(19-17-30)44-31-12-7-6-8-13-31/h6-22,26-27H,5,23-24H2,1-4H3,(H,37,41)/t26-,27+/m0/s1. The molecule has 4 rings (SSSR count). The van der Waals surface area contributed by atoms with E-state index in [0.29, 0.717) is 11.5 Å². The molecule has 236 valence electrons. The summed E-state index contributed by atoms with van der Waals surface area (Å²) in [5.41, 5.74) is 1.97. The molecule has 0 aliphatic rings. The SMILES string of the molecule is CC[C@H](C)NC(=O)[C@@H](C)N(Cc1cccc(Br)c1)C(=O)CN(c1ccc(Oc2ccccc2)cc1)S(=O)(=O)c1ccc(C)cc1. The van der Waals surface area contributed by atoms with Gasteiger partial charge in [0.15, 0.2) is 0 Å². The number of rotatable bonds is 13. The van der Waals surface area contributed by atoms with Crippen LogP contribution in [0.1, 0.15) is 38.3 Å². The van der Waals surface area contributed by atoms with Crippen molar-refractivity contribution >= 4 is 43.5 Å². The van der Waals surface area contributed by atoms with Gasteiger partial charge in [-0.15, -0.1) is 0 Å². The number of hydrogen-bond acceptors (Lipinski definition) is 5. The highest BCUT2D eigenvalue weighted by molar-refractivity contribution is 9.10. The summed E-state index contributed by atoms with van der Waals surface area (Å²) < 4.78 is 36.0. The van der Waals surface area contributed by atoms with E-state index in [-0.39, 0.29) is 29.1 Å². The highest BCUT2D eigenvalue weighted by Gasteiger charge is 2.33. The second kappa shape index (κ2) is 15.2. The van der Waals surface area contributed by atoms with Crippen molar-refractivity contribution in [1.29, 1.82) is 0 Å². The Balaban J connectivity index is 1.70. The van der Waals surface area contributed by atoms with Gasteiger partial charge in [0.25, 0.3) is 10.0 Å². The predicted octanol–water partition coefficient (Wildman–Crippen LogP) is 7.08. The van der Waals surface area contributed by atoms with E-state index in [1.54, 1.807) is 43.3 Å². The van der Waals surface area contributed by atoms with Crippen LogP contribution in [0.15, 0.2) is 112 Å². The number of carbonyl (C=O) groups excluding carboxylic acids is 2. The number of nitrogens with zero attached hydrogens (tertiary/aromatic N) is 2. The van der Waals surface area contributed by atoms with Gasteiger partial charge in [0.05, 0.1) is 10.6 Å². The van der Waals surface area contributed by atoms with E-state index >= 15 is 0 Å². The van der Waals surface area contributed by atoms with Crippen molar-refractivity contribution in [1.82, 2.24) is 10.2 Å². The fraction of sp³-hybridized carbons (Fsp3) is 0.257. The minimum atomic E-state index is -4.18. The summed E-state index contributed by atoms with van der Waals surface area (Å²) in [5, 5.41) is 2.95. The van der Waals surface area contributed by atoms with Crippen LogP contribution < -0.4 is 14.4 Å². The molecule has 2 amide bonds. The minimum absolute atomic E-state index is 0.0478. The minimum Gasteiger partial charge on any atom is -0.457 e. The van der Waals surface area contributed by atoms with Gasteiger partial charge in [-0.1, -0.05) is 70.9 Å². The lowest BCUT2D eigenvalue weighted by molar-refractivity contribution is -0.139. The van der Waals surface area contributed by atoms with Gasteiger partial charge in [-0.2, -0.15) is 0 Å². The highest BCUT2D eigenvalue weighted by Crippen LogP contribution is 2.29. The van der Waals surface area contributed by atoms with E-state index in [1.807, 2.05) is 75.4 Å². The number of carbonyl (C=O) groups is 2. The van der Waals surface area contributed by atoms with Crippen molar-refractivity contribution in [2.24, 2.45) is 0 Å². The lowest BCUT2D eigenvalue weighted by atomic mass is 10.1. The van der Waals surface area contributed by atoms with Crippen LogP contribution in [0.5, 0.6) is 11.5 Å².